The summed E-state index contributed by atoms with van der Waals surface area (Å²) in [6.07, 6.45) is 1.75. The highest BCUT2D eigenvalue weighted by Crippen LogP contribution is 1.99. The summed E-state index contributed by atoms with van der Waals surface area (Å²) in [5.41, 5.74) is 0. The quantitative estimate of drug-likeness (QED) is 0.519. The first-order valence-corrected chi connectivity index (χ1v) is 4.94. The predicted octanol–water partition coefficient (Wildman–Crippen LogP) is 1.89. The van der Waals surface area contributed by atoms with Gasteiger partial charge in [0, 0.05) is 6.08 Å². The number of hydrogen-bond donors (Lipinski definition) is 0. The van der Waals surface area contributed by atoms with Crippen molar-refractivity contribution < 1.29 is 19.2 Å². The molecular formula is C10H17NO4. The van der Waals surface area contributed by atoms with Gasteiger partial charge in [-0.05, 0) is 12.8 Å². The Morgan fingerprint density at radius 3 is 2.47 bits per heavy atom. The molecule has 0 aromatic heterocycles. The van der Waals surface area contributed by atoms with E-state index in [0.29, 0.717) is 19.6 Å². The van der Waals surface area contributed by atoms with E-state index in [1.165, 1.54) is 0 Å². The first kappa shape index (κ1) is 13.5. The van der Waals surface area contributed by atoms with Crippen LogP contribution in [0.25, 0.3) is 0 Å². The van der Waals surface area contributed by atoms with Crippen molar-refractivity contribution >= 4 is 12.1 Å². The largest absolute Gasteiger partial charge is 0.447 e. The zero-order chi connectivity index (χ0) is 11.7. The molecule has 0 aromatic rings. The Hall–Kier alpha value is -1.52. The van der Waals surface area contributed by atoms with Gasteiger partial charge in [0.25, 0.3) is 0 Å². The molecule has 0 unspecified atom stereocenters. The molecule has 5 nitrogen and oxygen atoms in total. The monoisotopic (exact) mass is 215 g/mol. The predicted molar refractivity (Wildman–Crippen MR) is 54.9 cm³/mol. The minimum atomic E-state index is -0.670. The van der Waals surface area contributed by atoms with Crippen LogP contribution in [0.2, 0.25) is 0 Å². The van der Waals surface area contributed by atoms with Gasteiger partial charge in [-0.3, -0.25) is 0 Å². The first-order chi connectivity index (χ1) is 7.15. The number of hydroxylamine groups is 2. The van der Waals surface area contributed by atoms with Gasteiger partial charge in [-0.15, -0.1) is 5.06 Å². The summed E-state index contributed by atoms with van der Waals surface area (Å²) in [5.74, 6) is -0.670. The van der Waals surface area contributed by atoms with Gasteiger partial charge in [0.1, 0.15) is 0 Å². The van der Waals surface area contributed by atoms with Crippen molar-refractivity contribution in [2.45, 2.75) is 26.7 Å². The van der Waals surface area contributed by atoms with Gasteiger partial charge in [0.2, 0.25) is 0 Å². The van der Waals surface area contributed by atoms with Crippen LogP contribution in [0.1, 0.15) is 26.7 Å². The van der Waals surface area contributed by atoms with E-state index in [9.17, 15) is 9.59 Å². The molecule has 1 amide bonds. The Bertz CT molecular complexity index is 227. The lowest BCUT2D eigenvalue weighted by Crippen LogP contribution is -2.34. The fourth-order valence-corrected chi connectivity index (χ4v) is 0.785. The third kappa shape index (κ3) is 5.72. The summed E-state index contributed by atoms with van der Waals surface area (Å²) in [6.45, 7) is 7.60. The average Bonchev–Trinajstić information content (AvgIpc) is 2.24. The van der Waals surface area contributed by atoms with Gasteiger partial charge >= 0.3 is 12.1 Å². The number of carbonyl (C=O) groups excluding carboxylic acids is 2. The molecule has 0 spiro atoms. The summed E-state index contributed by atoms with van der Waals surface area (Å²) in [4.78, 5) is 26.9. The van der Waals surface area contributed by atoms with Crippen molar-refractivity contribution in [2.24, 2.45) is 0 Å². The number of ether oxygens (including phenoxy) is 1. The molecule has 0 aliphatic heterocycles. The molecule has 0 aromatic carbocycles. The molecule has 0 saturated heterocycles. The zero-order valence-electron chi connectivity index (χ0n) is 9.19. The van der Waals surface area contributed by atoms with E-state index in [1.54, 1.807) is 0 Å². The maximum Gasteiger partial charge on any atom is 0.443 e. The average molecular weight is 215 g/mol. The van der Waals surface area contributed by atoms with E-state index >= 15 is 0 Å². The van der Waals surface area contributed by atoms with Crippen LogP contribution >= 0.6 is 0 Å². The van der Waals surface area contributed by atoms with E-state index in [1.807, 2.05) is 13.8 Å². The maximum atomic E-state index is 11.3. The molecule has 0 N–H and O–H groups in total. The van der Waals surface area contributed by atoms with Gasteiger partial charge in [0.15, 0.2) is 0 Å². The smallest absolute Gasteiger partial charge is 0.443 e. The standard InChI is InChI=1S/C10H17NO4/c1-4-7-11(15-9(12)6-3)10(13)14-8-5-2/h6H,3-5,7-8H2,1-2H3. The SMILES string of the molecule is C=CC(=O)ON(CCC)C(=O)OCCC. The van der Waals surface area contributed by atoms with Crippen LogP contribution in [-0.4, -0.2) is 30.3 Å². The molecule has 0 radical (unpaired) electrons. The second-order valence-electron chi connectivity index (χ2n) is 2.83. The summed E-state index contributed by atoms with van der Waals surface area (Å²) < 4.78 is 4.83. The number of amides is 1. The molecule has 0 atom stereocenters. The van der Waals surface area contributed by atoms with Crippen LogP contribution in [0.3, 0.4) is 0 Å². The van der Waals surface area contributed by atoms with Gasteiger partial charge < -0.3 is 9.57 Å². The van der Waals surface area contributed by atoms with Crippen LogP contribution in [0.4, 0.5) is 4.79 Å². The van der Waals surface area contributed by atoms with Crippen molar-refractivity contribution in [1.29, 1.82) is 0 Å². The van der Waals surface area contributed by atoms with E-state index in [4.69, 9.17) is 9.57 Å². The Balaban J connectivity index is 4.17. The minimum Gasteiger partial charge on any atom is -0.447 e. The van der Waals surface area contributed by atoms with Crippen LogP contribution < -0.4 is 0 Å². The molecule has 0 bridgehead atoms. The third-order valence-electron chi connectivity index (χ3n) is 1.43. The van der Waals surface area contributed by atoms with E-state index in [0.717, 1.165) is 17.6 Å². The first-order valence-electron chi connectivity index (χ1n) is 4.94. The Labute approximate surface area is 89.6 Å². The van der Waals surface area contributed by atoms with Crippen molar-refractivity contribution in [3.8, 4) is 0 Å². The topological polar surface area (TPSA) is 55.8 Å². The summed E-state index contributed by atoms with van der Waals surface area (Å²) in [6, 6.07) is 0. The molecule has 0 rings (SSSR count). The van der Waals surface area contributed by atoms with Crippen molar-refractivity contribution in [1.82, 2.24) is 5.06 Å². The van der Waals surface area contributed by atoms with Gasteiger partial charge in [0.05, 0.1) is 13.2 Å². The maximum absolute atomic E-state index is 11.3. The molecule has 0 heterocycles. The van der Waals surface area contributed by atoms with Crippen LogP contribution in [0, 0.1) is 0 Å². The van der Waals surface area contributed by atoms with Crippen molar-refractivity contribution in [3.05, 3.63) is 12.7 Å². The lowest BCUT2D eigenvalue weighted by atomic mass is 10.5. The molecule has 0 fully saturated rings. The number of nitrogens with zero attached hydrogens (tertiary/aromatic N) is 1. The second-order valence-corrected chi connectivity index (χ2v) is 2.83. The molecule has 86 valence electrons. The number of hydrogen-bond acceptors (Lipinski definition) is 4. The van der Waals surface area contributed by atoms with E-state index in [-0.39, 0.29) is 0 Å². The lowest BCUT2D eigenvalue weighted by molar-refractivity contribution is -0.175. The van der Waals surface area contributed by atoms with Crippen LogP contribution in [0.5, 0.6) is 0 Å². The van der Waals surface area contributed by atoms with Crippen molar-refractivity contribution in [3.63, 3.8) is 0 Å². The highest BCUT2D eigenvalue weighted by atomic mass is 16.7. The molecule has 15 heavy (non-hydrogen) atoms. The fourth-order valence-electron chi connectivity index (χ4n) is 0.785. The molecule has 0 saturated carbocycles. The summed E-state index contributed by atoms with van der Waals surface area (Å²) >= 11 is 0. The Kier molecular flexibility index (Phi) is 7.05. The summed E-state index contributed by atoms with van der Waals surface area (Å²) in [5, 5.41) is 0.902. The lowest BCUT2D eigenvalue weighted by Gasteiger charge is -2.18. The van der Waals surface area contributed by atoms with Gasteiger partial charge in [-0.2, -0.15) is 0 Å². The fraction of sp³-hybridized carbons (Fsp3) is 0.600. The minimum absolute atomic E-state index is 0.308. The zero-order valence-corrected chi connectivity index (χ0v) is 9.19. The third-order valence-corrected chi connectivity index (χ3v) is 1.43. The number of carbonyl (C=O) groups is 2. The van der Waals surface area contributed by atoms with E-state index < -0.39 is 12.1 Å². The molecule has 5 heteroatoms. The van der Waals surface area contributed by atoms with Crippen molar-refractivity contribution in [2.75, 3.05) is 13.2 Å². The van der Waals surface area contributed by atoms with Crippen LogP contribution in [-0.2, 0) is 14.4 Å². The van der Waals surface area contributed by atoms with Gasteiger partial charge in [-0.1, -0.05) is 20.4 Å². The number of rotatable bonds is 5. The van der Waals surface area contributed by atoms with Crippen LogP contribution in [0.15, 0.2) is 12.7 Å². The Morgan fingerprint density at radius 1 is 1.33 bits per heavy atom. The highest BCUT2D eigenvalue weighted by Gasteiger charge is 2.17. The molecular weight excluding hydrogens is 198 g/mol. The second kappa shape index (κ2) is 7.84. The molecule has 0 aliphatic rings. The normalized spacial score (nSPS) is 9.20. The van der Waals surface area contributed by atoms with E-state index in [2.05, 4.69) is 6.58 Å². The highest BCUT2D eigenvalue weighted by molar-refractivity contribution is 5.82. The Morgan fingerprint density at radius 2 is 2.00 bits per heavy atom. The van der Waals surface area contributed by atoms with Gasteiger partial charge in [-0.25, -0.2) is 9.59 Å². The summed E-state index contributed by atoms with van der Waals surface area (Å²) in [7, 11) is 0. The molecule has 0 aliphatic carbocycles.